The van der Waals surface area contributed by atoms with Crippen LogP contribution in [0.15, 0.2) is 48.5 Å². The third-order valence-corrected chi connectivity index (χ3v) is 3.56. The zero-order valence-corrected chi connectivity index (χ0v) is 13.0. The molecule has 2 aromatic rings. The van der Waals surface area contributed by atoms with Crippen LogP contribution in [0.25, 0.3) is 0 Å². The number of alkyl halides is 3. The van der Waals surface area contributed by atoms with Gasteiger partial charge in [0.05, 0.1) is 6.04 Å². The lowest BCUT2D eigenvalue weighted by Crippen LogP contribution is -2.44. The molecule has 0 bridgehead atoms. The molecule has 5 nitrogen and oxygen atoms in total. The Labute approximate surface area is 141 Å². The summed E-state index contributed by atoms with van der Waals surface area (Å²) in [5.74, 6) is 0.456. The van der Waals surface area contributed by atoms with Crippen LogP contribution < -0.4 is 20.1 Å². The Bertz CT molecular complexity index is 748. The zero-order valence-electron chi connectivity index (χ0n) is 13.0. The van der Waals surface area contributed by atoms with Gasteiger partial charge in [0.2, 0.25) is 0 Å². The minimum atomic E-state index is -4.75. The van der Waals surface area contributed by atoms with E-state index in [0.717, 1.165) is 23.4 Å². The van der Waals surface area contributed by atoms with Crippen LogP contribution in [0.2, 0.25) is 0 Å². The molecule has 25 heavy (non-hydrogen) atoms. The Morgan fingerprint density at radius 3 is 2.56 bits per heavy atom. The molecule has 2 N–H and O–H groups in total. The monoisotopic (exact) mass is 352 g/mol. The Balaban J connectivity index is 1.53. The first kappa shape index (κ1) is 16.9. The molecule has 0 spiro atoms. The number of ether oxygens (including phenoxy) is 2. The maximum Gasteiger partial charge on any atom is 0.573 e. The molecule has 1 atom stereocenters. The molecule has 3 rings (SSSR count). The number of amides is 2. The molecule has 132 valence electrons. The average molecular weight is 352 g/mol. The highest BCUT2D eigenvalue weighted by Gasteiger charge is 2.31. The van der Waals surface area contributed by atoms with Crippen molar-refractivity contribution in [1.29, 1.82) is 0 Å². The fourth-order valence-corrected chi connectivity index (χ4v) is 2.51. The topological polar surface area (TPSA) is 59.6 Å². The number of hydrogen-bond acceptors (Lipinski definition) is 3. The SMILES string of the molecule is O=C(Nc1ccc(OC(F)(F)F)cc1)N[C@H]1COc2ccccc2C1. The van der Waals surface area contributed by atoms with Crippen LogP contribution in [0.1, 0.15) is 5.56 Å². The van der Waals surface area contributed by atoms with Gasteiger partial charge < -0.3 is 20.1 Å². The number of fused-ring (bicyclic) bond motifs is 1. The second-order valence-corrected chi connectivity index (χ2v) is 5.49. The zero-order chi connectivity index (χ0) is 17.9. The van der Waals surface area contributed by atoms with Gasteiger partial charge in [-0.25, -0.2) is 4.79 Å². The predicted octanol–water partition coefficient (Wildman–Crippen LogP) is 3.71. The van der Waals surface area contributed by atoms with Crippen molar-refractivity contribution >= 4 is 11.7 Å². The summed E-state index contributed by atoms with van der Waals surface area (Å²) in [6.07, 6.45) is -4.11. The van der Waals surface area contributed by atoms with Gasteiger partial charge in [-0.1, -0.05) is 18.2 Å². The van der Waals surface area contributed by atoms with E-state index in [1.165, 1.54) is 12.1 Å². The molecular weight excluding hydrogens is 337 g/mol. The molecule has 8 heteroatoms. The number of hydrogen-bond donors (Lipinski definition) is 2. The number of rotatable bonds is 3. The molecule has 1 aliphatic heterocycles. The predicted molar refractivity (Wildman–Crippen MR) is 84.7 cm³/mol. The minimum Gasteiger partial charge on any atom is -0.491 e. The molecule has 2 aromatic carbocycles. The lowest BCUT2D eigenvalue weighted by atomic mass is 10.0. The Kier molecular flexibility index (Phi) is 4.69. The van der Waals surface area contributed by atoms with Crippen LogP contribution in [0.4, 0.5) is 23.7 Å². The maximum absolute atomic E-state index is 12.1. The highest BCUT2D eigenvalue weighted by Crippen LogP contribution is 2.25. The van der Waals surface area contributed by atoms with Crippen LogP contribution in [-0.2, 0) is 6.42 Å². The molecular formula is C17H15F3N2O3. The van der Waals surface area contributed by atoms with Crippen molar-refractivity contribution in [2.24, 2.45) is 0 Å². The van der Waals surface area contributed by atoms with E-state index in [-0.39, 0.29) is 11.8 Å². The lowest BCUT2D eigenvalue weighted by molar-refractivity contribution is -0.274. The number of carbonyl (C=O) groups is 1. The Hall–Kier alpha value is -2.90. The first-order valence-corrected chi connectivity index (χ1v) is 7.53. The molecule has 1 aliphatic rings. The van der Waals surface area contributed by atoms with Crippen molar-refractivity contribution in [1.82, 2.24) is 5.32 Å². The standard InChI is InChI=1S/C17H15F3N2O3/c18-17(19,20)25-14-7-5-12(6-8-14)21-16(23)22-13-9-11-3-1-2-4-15(11)24-10-13/h1-8,13H,9-10H2,(H2,21,22,23)/t13-/m1/s1. The van der Waals surface area contributed by atoms with Gasteiger partial charge in [0.25, 0.3) is 0 Å². The van der Waals surface area contributed by atoms with Crippen LogP contribution in [-0.4, -0.2) is 25.0 Å². The number of halogens is 3. The fraction of sp³-hybridized carbons (Fsp3) is 0.235. The fourth-order valence-electron chi connectivity index (χ4n) is 2.51. The summed E-state index contributed by atoms with van der Waals surface area (Å²) in [7, 11) is 0. The van der Waals surface area contributed by atoms with E-state index in [4.69, 9.17) is 4.74 Å². The normalized spacial score (nSPS) is 16.4. The summed E-state index contributed by atoms with van der Waals surface area (Å²) in [4.78, 5) is 12.0. The van der Waals surface area contributed by atoms with Gasteiger partial charge in [-0.15, -0.1) is 13.2 Å². The van der Waals surface area contributed by atoms with Crippen LogP contribution >= 0.6 is 0 Å². The van der Waals surface area contributed by atoms with Gasteiger partial charge in [0, 0.05) is 5.69 Å². The molecule has 0 radical (unpaired) electrons. The van der Waals surface area contributed by atoms with Gasteiger partial charge in [-0.2, -0.15) is 0 Å². The number of nitrogens with one attached hydrogen (secondary N) is 2. The van der Waals surface area contributed by atoms with Crippen molar-refractivity contribution in [3.63, 3.8) is 0 Å². The summed E-state index contributed by atoms with van der Waals surface area (Å²) in [5, 5.41) is 5.34. The highest BCUT2D eigenvalue weighted by atomic mass is 19.4. The maximum atomic E-state index is 12.1. The number of benzene rings is 2. The Morgan fingerprint density at radius 1 is 1.12 bits per heavy atom. The summed E-state index contributed by atoms with van der Waals surface area (Å²) >= 11 is 0. The Morgan fingerprint density at radius 2 is 1.84 bits per heavy atom. The van der Waals surface area contributed by atoms with E-state index < -0.39 is 12.4 Å². The summed E-state index contributed by atoms with van der Waals surface area (Å²) in [6.45, 7) is 0.350. The molecule has 2 amide bonds. The van der Waals surface area contributed by atoms with E-state index in [0.29, 0.717) is 18.7 Å². The average Bonchev–Trinajstić information content (AvgIpc) is 2.55. The molecule has 0 fully saturated rings. The lowest BCUT2D eigenvalue weighted by Gasteiger charge is -2.26. The molecule has 0 unspecified atom stereocenters. The van der Waals surface area contributed by atoms with Gasteiger partial charge in [0.15, 0.2) is 0 Å². The van der Waals surface area contributed by atoms with Gasteiger partial charge in [-0.05, 0) is 42.3 Å². The van der Waals surface area contributed by atoms with Crippen molar-refractivity contribution in [2.45, 2.75) is 18.8 Å². The number of carbonyl (C=O) groups excluding carboxylic acids is 1. The van der Waals surface area contributed by atoms with Gasteiger partial charge >= 0.3 is 12.4 Å². The molecule has 0 aliphatic carbocycles. The van der Waals surface area contributed by atoms with E-state index in [9.17, 15) is 18.0 Å². The minimum absolute atomic E-state index is 0.192. The third-order valence-electron chi connectivity index (χ3n) is 3.56. The van der Waals surface area contributed by atoms with E-state index >= 15 is 0 Å². The summed E-state index contributed by atoms with van der Waals surface area (Å²) < 4.78 is 45.7. The summed E-state index contributed by atoms with van der Waals surface area (Å²) in [6, 6.07) is 11.8. The van der Waals surface area contributed by atoms with Crippen molar-refractivity contribution < 1.29 is 27.4 Å². The highest BCUT2D eigenvalue weighted by molar-refractivity contribution is 5.89. The second-order valence-electron chi connectivity index (χ2n) is 5.49. The summed E-state index contributed by atoms with van der Waals surface area (Å²) in [5.41, 5.74) is 1.36. The van der Waals surface area contributed by atoms with Crippen molar-refractivity contribution in [3.05, 3.63) is 54.1 Å². The molecule has 1 heterocycles. The molecule has 0 saturated heterocycles. The third kappa shape index (κ3) is 4.79. The van der Waals surface area contributed by atoms with Crippen LogP contribution in [0, 0.1) is 0 Å². The first-order valence-electron chi connectivity index (χ1n) is 7.53. The number of urea groups is 1. The van der Waals surface area contributed by atoms with E-state index in [1.54, 1.807) is 0 Å². The van der Waals surface area contributed by atoms with Crippen LogP contribution in [0.5, 0.6) is 11.5 Å². The van der Waals surface area contributed by atoms with Crippen LogP contribution in [0.3, 0.4) is 0 Å². The molecule has 0 aromatic heterocycles. The largest absolute Gasteiger partial charge is 0.573 e. The van der Waals surface area contributed by atoms with Crippen molar-refractivity contribution in [2.75, 3.05) is 11.9 Å². The quantitative estimate of drug-likeness (QED) is 0.885. The van der Waals surface area contributed by atoms with E-state index in [1.807, 2.05) is 24.3 Å². The second kappa shape index (κ2) is 6.92. The van der Waals surface area contributed by atoms with Crippen molar-refractivity contribution in [3.8, 4) is 11.5 Å². The van der Waals surface area contributed by atoms with E-state index in [2.05, 4.69) is 15.4 Å². The molecule has 0 saturated carbocycles. The number of para-hydroxylation sites is 1. The van der Waals surface area contributed by atoms with Gasteiger partial charge in [-0.3, -0.25) is 0 Å². The first-order chi connectivity index (χ1) is 11.9. The van der Waals surface area contributed by atoms with Gasteiger partial charge in [0.1, 0.15) is 18.1 Å². The smallest absolute Gasteiger partial charge is 0.491 e. The number of anilines is 1.